The van der Waals surface area contributed by atoms with E-state index in [9.17, 15) is 19.5 Å². The van der Waals surface area contributed by atoms with E-state index in [1.807, 2.05) is 0 Å². The van der Waals surface area contributed by atoms with Crippen LogP contribution in [0.5, 0.6) is 17.2 Å². The predicted octanol–water partition coefficient (Wildman–Crippen LogP) is 1.62. The molecule has 162 valence electrons. The highest BCUT2D eigenvalue weighted by Crippen LogP contribution is 2.50. The van der Waals surface area contributed by atoms with Crippen LogP contribution in [0.25, 0.3) is 0 Å². The second-order valence-electron chi connectivity index (χ2n) is 7.28. The van der Waals surface area contributed by atoms with Crippen LogP contribution in [0.2, 0.25) is 0 Å². The van der Waals surface area contributed by atoms with E-state index in [4.69, 9.17) is 14.2 Å². The molecule has 0 radical (unpaired) electrons. The number of carboxylic acids is 1. The van der Waals surface area contributed by atoms with Crippen LogP contribution in [0.1, 0.15) is 11.6 Å². The monoisotopic (exact) mass is 426 g/mol. The number of ether oxygens (including phenoxy) is 3. The highest BCUT2D eigenvalue weighted by molar-refractivity contribution is 6.23. The van der Waals surface area contributed by atoms with Gasteiger partial charge in [0.05, 0.1) is 38.9 Å². The van der Waals surface area contributed by atoms with E-state index in [-0.39, 0.29) is 0 Å². The Kier molecular flexibility index (Phi) is 5.28. The number of carboxylic acid groups (broad SMARTS) is 1. The van der Waals surface area contributed by atoms with Gasteiger partial charge in [0.25, 0.3) is 0 Å². The first-order valence-corrected chi connectivity index (χ1v) is 9.65. The van der Waals surface area contributed by atoms with Crippen molar-refractivity contribution in [2.75, 3.05) is 26.2 Å². The van der Waals surface area contributed by atoms with Crippen molar-refractivity contribution in [1.82, 2.24) is 5.32 Å². The smallest absolute Gasteiger partial charge is 0.321 e. The van der Waals surface area contributed by atoms with Gasteiger partial charge in [-0.25, -0.2) is 4.90 Å². The summed E-state index contributed by atoms with van der Waals surface area (Å²) in [5.74, 6) is -3.12. The molecule has 2 N–H and O–H groups in total. The van der Waals surface area contributed by atoms with E-state index in [0.29, 0.717) is 28.5 Å². The first-order valence-electron chi connectivity index (χ1n) is 9.65. The Morgan fingerprint density at radius 2 is 1.55 bits per heavy atom. The van der Waals surface area contributed by atoms with Crippen molar-refractivity contribution in [3.63, 3.8) is 0 Å². The van der Waals surface area contributed by atoms with Crippen molar-refractivity contribution in [3.8, 4) is 17.2 Å². The molecule has 2 heterocycles. The lowest BCUT2D eigenvalue weighted by atomic mass is 9.86. The van der Waals surface area contributed by atoms with Gasteiger partial charge in [0, 0.05) is 11.6 Å². The first-order chi connectivity index (χ1) is 14.9. The van der Waals surface area contributed by atoms with Gasteiger partial charge in [0.15, 0.2) is 11.5 Å². The number of methoxy groups -OCH3 is 3. The molecule has 2 aromatic carbocycles. The van der Waals surface area contributed by atoms with E-state index in [0.717, 1.165) is 4.90 Å². The Morgan fingerprint density at radius 3 is 2.13 bits per heavy atom. The van der Waals surface area contributed by atoms with E-state index < -0.39 is 41.7 Å². The van der Waals surface area contributed by atoms with Gasteiger partial charge in [-0.15, -0.1) is 0 Å². The number of imide groups is 1. The van der Waals surface area contributed by atoms with Crippen LogP contribution in [0, 0.1) is 11.8 Å². The van der Waals surface area contributed by atoms with Gasteiger partial charge in [-0.3, -0.25) is 19.7 Å². The molecule has 0 saturated carbocycles. The standard InChI is InChI=1S/C22H22N2O7/c1-29-13-10-9-12(18(30-2)19(13)31-3)16-14-15(17(23-16)22(27)28)21(26)24(20(14)25)11-7-5-4-6-8-11/h4-10,14-17,23H,1-3H3,(H,27,28)/t14-,15-,16+,17+/m1/s1. The Bertz CT molecular complexity index is 1040. The van der Waals surface area contributed by atoms with Gasteiger partial charge < -0.3 is 19.3 Å². The van der Waals surface area contributed by atoms with Crippen LogP contribution in [0.15, 0.2) is 42.5 Å². The van der Waals surface area contributed by atoms with Crippen LogP contribution in [-0.2, 0) is 14.4 Å². The number of nitrogens with zero attached hydrogens (tertiary/aromatic N) is 1. The topological polar surface area (TPSA) is 114 Å². The van der Waals surface area contributed by atoms with E-state index in [1.54, 1.807) is 42.5 Å². The highest BCUT2D eigenvalue weighted by atomic mass is 16.5. The minimum atomic E-state index is -1.22. The average Bonchev–Trinajstić information content (AvgIpc) is 3.30. The van der Waals surface area contributed by atoms with Gasteiger partial charge >= 0.3 is 5.97 Å². The molecule has 2 aliphatic rings. The SMILES string of the molecule is COc1ccc([C@@H]2N[C@H](C(=O)O)[C@@H]3C(=O)N(c4ccccc4)C(=O)[C@H]32)c(OC)c1OC. The molecule has 0 aromatic heterocycles. The minimum absolute atomic E-state index is 0.308. The molecule has 31 heavy (non-hydrogen) atoms. The van der Waals surface area contributed by atoms with Gasteiger partial charge in [0.1, 0.15) is 6.04 Å². The Hall–Kier alpha value is -3.59. The third kappa shape index (κ3) is 3.09. The predicted molar refractivity (Wildman–Crippen MR) is 109 cm³/mol. The molecular formula is C22H22N2O7. The third-order valence-electron chi connectivity index (χ3n) is 5.83. The largest absolute Gasteiger partial charge is 0.493 e. The fourth-order valence-corrected chi connectivity index (χ4v) is 4.52. The number of para-hydroxylation sites is 1. The minimum Gasteiger partial charge on any atom is -0.493 e. The fourth-order valence-electron chi connectivity index (χ4n) is 4.52. The number of aliphatic carboxylic acids is 1. The number of amides is 2. The molecule has 2 amide bonds. The number of anilines is 1. The van der Waals surface area contributed by atoms with Crippen molar-refractivity contribution in [2.24, 2.45) is 11.8 Å². The summed E-state index contributed by atoms with van der Waals surface area (Å²) in [6, 6.07) is 9.83. The molecule has 0 bridgehead atoms. The van der Waals surface area contributed by atoms with Crippen LogP contribution >= 0.6 is 0 Å². The van der Waals surface area contributed by atoms with Crippen molar-refractivity contribution in [3.05, 3.63) is 48.0 Å². The number of hydrogen-bond donors (Lipinski definition) is 2. The summed E-state index contributed by atoms with van der Waals surface area (Å²) in [5.41, 5.74) is 0.920. The molecule has 4 atom stereocenters. The molecule has 2 saturated heterocycles. The summed E-state index contributed by atoms with van der Waals surface area (Å²) in [7, 11) is 4.38. The molecular weight excluding hydrogens is 404 g/mol. The molecule has 0 unspecified atom stereocenters. The summed E-state index contributed by atoms with van der Waals surface area (Å²) in [4.78, 5) is 39.6. The lowest BCUT2D eigenvalue weighted by molar-refractivity contribution is -0.142. The van der Waals surface area contributed by atoms with Crippen LogP contribution in [0.4, 0.5) is 5.69 Å². The molecule has 2 aromatic rings. The molecule has 2 aliphatic heterocycles. The first kappa shape index (κ1) is 20.7. The molecule has 9 heteroatoms. The molecule has 0 aliphatic carbocycles. The number of carbonyl (C=O) groups is 3. The zero-order valence-corrected chi connectivity index (χ0v) is 17.2. The number of fused-ring (bicyclic) bond motifs is 1. The maximum Gasteiger partial charge on any atom is 0.321 e. The second kappa shape index (κ2) is 7.92. The van der Waals surface area contributed by atoms with Crippen LogP contribution in [0.3, 0.4) is 0 Å². The lowest BCUT2D eigenvalue weighted by Gasteiger charge is -2.24. The summed E-state index contributed by atoms with van der Waals surface area (Å²) in [6.45, 7) is 0. The maximum atomic E-state index is 13.4. The highest BCUT2D eigenvalue weighted by Gasteiger charge is 2.61. The van der Waals surface area contributed by atoms with Crippen LogP contribution in [-0.4, -0.2) is 50.3 Å². The van der Waals surface area contributed by atoms with E-state index in [2.05, 4.69) is 5.32 Å². The summed E-state index contributed by atoms with van der Waals surface area (Å²) in [5, 5.41) is 12.7. The van der Waals surface area contributed by atoms with E-state index in [1.165, 1.54) is 21.3 Å². The number of rotatable bonds is 6. The Balaban J connectivity index is 1.83. The molecule has 0 spiro atoms. The molecule has 2 fully saturated rings. The summed E-state index contributed by atoms with van der Waals surface area (Å²) in [6.07, 6.45) is 0. The zero-order chi connectivity index (χ0) is 22.3. The molecule has 4 rings (SSSR count). The average molecular weight is 426 g/mol. The number of nitrogens with one attached hydrogen (secondary N) is 1. The van der Waals surface area contributed by atoms with Crippen molar-refractivity contribution >= 4 is 23.5 Å². The lowest BCUT2D eigenvalue weighted by Crippen LogP contribution is -2.43. The van der Waals surface area contributed by atoms with Crippen molar-refractivity contribution in [1.29, 1.82) is 0 Å². The Morgan fingerprint density at radius 1 is 0.903 bits per heavy atom. The zero-order valence-electron chi connectivity index (χ0n) is 17.2. The number of benzene rings is 2. The second-order valence-corrected chi connectivity index (χ2v) is 7.28. The summed E-state index contributed by atoms with van der Waals surface area (Å²) >= 11 is 0. The van der Waals surface area contributed by atoms with Crippen molar-refractivity contribution in [2.45, 2.75) is 12.1 Å². The molecule has 9 nitrogen and oxygen atoms in total. The fraction of sp³-hybridized carbons (Fsp3) is 0.318. The maximum absolute atomic E-state index is 13.4. The third-order valence-corrected chi connectivity index (χ3v) is 5.83. The van der Waals surface area contributed by atoms with Gasteiger partial charge in [-0.1, -0.05) is 18.2 Å². The van der Waals surface area contributed by atoms with Gasteiger partial charge in [-0.2, -0.15) is 0 Å². The van der Waals surface area contributed by atoms with E-state index >= 15 is 0 Å². The van der Waals surface area contributed by atoms with Crippen LogP contribution < -0.4 is 24.4 Å². The van der Waals surface area contributed by atoms with Gasteiger partial charge in [-0.05, 0) is 24.3 Å². The summed E-state index contributed by atoms with van der Waals surface area (Å²) < 4.78 is 16.3. The van der Waals surface area contributed by atoms with Gasteiger partial charge in [0.2, 0.25) is 17.6 Å². The normalized spacial score (nSPS) is 24.8. The Labute approximate surface area is 178 Å². The number of hydrogen-bond acceptors (Lipinski definition) is 7. The quantitative estimate of drug-likeness (QED) is 0.670. The number of carbonyl (C=O) groups excluding carboxylic acids is 2. The van der Waals surface area contributed by atoms with Crippen molar-refractivity contribution < 1.29 is 33.7 Å².